The second kappa shape index (κ2) is 9.90. The molecule has 0 aliphatic heterocycles. The summed E-state index contributed by atoms with van der Waals surface area (Å²) >= 11 is 2.20. The minimum atomic E-state index is -2.40. The zero-order valence-electron chi connectivity index (χ0n) is 13.2. The minimum Gasteiger partial charge on any atom is -0.343 e. The first-order chi connectivity index (χ1) is 11.6. The van der Waals surface area contributed by atoms with Crippen molar-refractivity contribution in [3.63, 3.8) is 0 Å². The van der Waals surface area contributed by atoms with Crippen LogP contribution in [0.2, 0.25) is 0 Å². The van der Waals surface area contributed by atoms with Gasteiger partial charge in [0.05, 0.1) is 6.07 Å². The van der Waals surface area contributed by atoms with Gasteiger partial charge in [-0.05, 0) is 43.0 Å². The van der Waals surface area contributed by atoms with Gasteiger partial charge in [0.25, 0.3) is 5.76 Å². The summed E-state index contributed by atoms with van der Waals surface area (Å²) in [7, 11) is 0. The fraction of sp³-hybridized carbons (Fsp3) is 0.529. The number of benzene rings is 1. The Hall–Kier alpha value is -1.26. The number of hydrogen-bond donors (Lipinski definition) is 1. The summed E-state index contributed by atoms with van der Waals surface area (Å²) in [4.78, 5) is 13.8. The zero-order valence-corrected chi connectivity index (χ0v) is 14.8. The number of rotatable bonds is 7. The predicted octanol–water partition coefficient (Wildman–Crippen LogP) is 4.54. The molecule has 130 valence electrons. The molecule has 0 aromatic heterocycles. The molecule has 1 fully saturated rings. The topological polar surface area (TPSA) is 52.9 Å². The molecule has 0 unspecified atom stereocenters. The van der Waals surface area contributed by atoms with E-state index in [4.69, 9.17) is 5.26 Å². The number of nitrogens with zero attached hydrogens (tertiary/aromatic N) is 1. The number of thioether (sulfide) groups is 2. The molecule has 0 heterocycles. The number of alkyl halides is 2. The quantitative estimate of drug-likeness (QED) is 0.565. The number of amides is 1. The van der Waals surface area contributed by atoms with E-state index in [1.54, 1.807) is 23.9 Å². The van der Waals surface area contributed by atoms with Crippen molar-refractivity contribution >= 4 is 29.4 Å². The molecule has 0 bridgehead atoms. The van der Waals surface area contributed by atoms with Crippen LogP contribution in [0.1, 0.15) is 25.7 Å². The Morgan fingerprint density at radius 1 is 1.25 bits per heavy atom. The van der Waals surface area contributed by atoms with Crippen molar-refractivity contribution in [2.45, 2.75) is 41.2 Å². The molecule has 1 amide bonds. The van der Waals surface area contributed by atoms with Crippen molar-refractivity contribution < 1.29 is 13.6 Å². The van der Waals surface area contributed by atoms with E-state index in [1.165, 1.54) is 0 Å². The van der Waals surface area contributed by atoms with Crippen molar-refractivity contribution in [2.24, 2.45) is 11.8 Å². The maximum absolute atomic E-state index is 12.3. The fourth-order valence-corrected chi connectivity index (χ4v) is 4.56. The number of halogens is 2. The van der Waals surface area contributed by atoms with Crippen LogP contribution in [0.5, 0.6) is 0 Å². The standard InChI is InChI=1S/C17H20F2N2OS2/c18-17(19)24-14-7-5-13(6-8-14)23-11-12-3-1-2-4-15(12)16(22)21-10-9-20/h5-8,12,15,17H,1-4,10-11H2,(H,21,22)/t12-,15-/m0/s1. The Kier molecular flexibility index (Phi) is 7.86. The number of nitriles is 1. The summed E-state index contributed by atoms with van der Waals surface area (Å²) in [5, 5.41) is 11.3. The SMILES string of the molecule is N#CCNC(=O)[C@H]1CCCC[C@H]1CSc1ccc(SC(F)F)cc1. The van der Waals surface area contributed by atoms with E-state index in [2.05, 4.69) is 5.32 Å². The lowest BCUT2D eigenvalue weighted by Gasteiger charge is -2.30. The second-order valence-corrected chi connectivity index (χ2v) is 7.84. The van der Waals surface area contributed by atoms with E-state index in [1.807, 2.05) is 18.2 Å². The lowest BCUT2D eigenvalue weighted by Crippen LogP contribution is -2.37. The average Bonchev–Trinajstić information content (AvgIpc) is 2.59. The van der Waals surface area contributed by atoms with E-state index in [0.717, 1.165) is 36.3 Å². The van der Waals surface area contributed by atoms with Crippen LogP contribution in [0.3, 0.4) is 0 Å². The van der Waals surface area contributed by atoms with Gasteiger partial charge < -0.3 is 5.32 Å². The van der Waals surface area contributed by atoms with E-state index in [0.29, 0.717) is 16.7 Å². The molecule has 1 saturated carbocycles. The normalized spacial score (nSPS) is 20.6. The van der Waals surface area contributed by atoms with Crippen molar-refractivity contribution in [3.05, 3.63) is 24.3 Å². The fourth-order valence-electron chi connectivity index (χ4n) is 2.93. The number of hydrogen-bond acceptors (Lipinski definition) is 4. The van der Waals surface area contributed by atoms with Crippen LogP contribution in [-0.4, -0.2) is 24.0 Å². The van der Waals surface area contributed by atoms with E-state index >= 15 is 0 Å². The monoisotopic (exact) mass is 370 g/mol. The Labute approximate surface area is 149 Å². The van der Waals surface area contributed by atoms with Crippen LogP contribution in [0.25, 0.3) is 0 Å². The molecule has 2 atom stereocenters. The number of nitrogens with one attached hydrogen (secondary N) is 1. The third-order valence-corrected chi connectivity index (χ3v) is 6.02. The van der Waals surface area contributed by atoms with Crippen LogP contribution < -0.4 is 5.32 Å². The van der Waals surface area contributed by atoms with Crippen molar-refractivity contribution in [1.82, 2.24) is 5.32 Å². The Morgan fingerprint density at radius 2 is 1.92 bits per heavy atom. The summed E-state index contributed by atoms with van der Waals surface area (Å²) in [6, 6.07) is 9.05. The first kappa shape index (κ1) is 19.1. The van der Waals surface area contributed by atoms with E-state index in [9.17, 15) is 13.6 Å². The van der Waals surface area contributed by atoms with Gasteiger partial charge in [-0.25, -0.2) is 0 Å². The molecular weight excluding hydrogens is 350 g/mol. The summed E-state index contributed by atoms with van der Waals surface area (Å²) in [6.07, 6.45) is 4.05. The molecule has 24 heavy (non-hydrogen) atoms. The first-order valence-electron chi connectivity index (χ1n) is 7.92. The molecule has 2 rings (SSSR count). The summed E-state index contributed by atoms with van der Waals surface area (Å²) in [5.74, 6) is -1.35. The largest absolute Gasteiger partial charge is 0.343 e. The molecule has 1 aliphatic carbocycles. The Morgan fingerprint density at radius 3 is 2.58 bits per heavy atom. The van der Waals surface area contributed by atoms with Gasteiger partial charge in [0.2, 0.25) is 5.91 Å². The van der Waals surface area contributed by atoms with Crippen LogP contribution in [0.4, 0.5) is 8.78 Å². The van der Waals surface area contributed by atoms with Crippen LogP contribution in [0.15, 0.2) is 34.1 Å². The second-order valence-electron chi connectivity index (χ2n) is 5.69. The molecule has 0 saturated heterocycles. The van der Waals surface area contributed by atoms with Gasteiger partial charge in [-0.3, -0.25) is 4.79 Å². The summed E-state index contributed by atoms with van der Waals surface area (Å²) < 4.78 is 24.6. The van der Waals surface area contributed by atoms with Gasteiger partial charge in [-0.1, -0.05) is 24.6 Å². The highest BCUT2D eigenvalue weighted by atomic mass is 32.2. The van der Waals surface area contributed by atoms with Gasteiger partial charge >= 0.3 is 0 Å². The molecule has 1 aliphatic rings. The Bertz CT molecular complexity index is 575. The third-order valence-electron chi connectivity index (χ3n) is 4.10. The number of carbonyl (C=O) groups excluding carboxylic acids is 1. The minimum absolute atomic E-state index is 0.0227. The highest BCUT2D eigenvalue weighted by Crippen LogP contribution is 2.35. The summed E-state index contributed by atoms with van der Waals surface area (Å²) in [5.41, 5.74) is 0. The van der Waals surface area contributed by atoms with Crippen molar-refractivity contribution in [2.75, 3.05) is 12.3 Å². The van der Waals surface area contributed by atoms with Gasteiger partial charge in [-0.2, -0.15) is 14.0 Å². The molecule has 3 nitrogen and oxygen atoms in total. The molecule has 0 radical (unpaired) electrons. The van der Waals surface area contributed by atoms with Gasteiger partial charge in [0, 0.05) is 21.5 Å². The van der Waals surface area contributed by atoms with Crippen LogP contribution in [-0.2, 0) is 4.79 Å². The summed E-state index contributed by atoms with van der Waals surface area (Å²) in [6.45, 7) is 0.0540. The lowest BCUT2D eigenvalue weighted by molar-refractivity contribution is -0.127. The highest BCUT2D eigenvalue weighted by Gasteiger charge is 2.30. The smallest absolute Gasteiger partial charge is 0.288 e. The predicted molar refractivity (Wildman–Crippen MR) is 93.1 cm³/mol. The van der Waals surface area contributed by atoms with E-state index in [-0.39, 0.29) is 24.3 Å². The van der Waals surface area contributed by atoms with Crippen LogP contribution >= 0.6 is 23.5 Å². The maximum atomic E-state index is 12.3. The third kappa shape index (κ3) is 5.99. The maximum Gasteiger partial charge on any atom is 0.288 e. The first-order valence-corrected chi connectivity index (χ1v) is 9.79. The van der Waals surface area contributed by atoms with Crippen molar-refractivity contribution in [3.8, 4) is 6.07 Å². The molecule has 1 aromatic carbocycles. The molecule has 1 aromatic rings. The molecule has 1 N–H and O–H groups in total. The van der Waals surface area contributed by atoms with Crippen molar-refractivity contribution in [1.29, 1.82) is 5.26 Å². The van der Waals surface area contributed by atoms with Crippen LogP contribution in [0, 0.1) is 23.2 Å². The highest BCUT2D eigenvalue weighted by molar-refractivity contribution is 7.99. The van der Waals surface area contributed by atoms with E-state index < -0.39 is 5.76 Å². The van der Waals surface area contributed by atoms with Gasteiger partial charge in [-0.15, -0.1) is 11.8 Å². The lowest BCUT2D eigenvalue weighted by atomic mass is 9.80. The molecule has 7 heteroatoms. The molecule has 0 spiro atoms. The number of carbonyl (C=O) groups is 1. The zero-order chi connectivity index (χ0) is 17.4. The Balaban J connectivity index is 1.88. The van der Waals surface area contributed by atoms with Gasteiger partial charge in [0.1, 0.15) is 6.54 Å². The van der Waals surface area contributed by atoms with Gasteiger partial charge in [0.15, 0.2) is 0 Å². The molecular formula is C17H20F2N2OS2. The average molecular weight is 370 g/mol.